The van der Waals surface area contributed by atoms with E-state index < -0.39 is 59.8 Å². The highest BCUT2D eigenvalue weighted by Crippen LogP contribution is 2.68. The summed E-state index contributed by atoms with van der Waals surface area (Å²) < 4.78 is 11.7. The van der Waals surface area contributed by atoms with E-state index in [-0.39, 0.29) is 11.7 Å². The number of aliphatic hydroxyl groups is 5. The van der Waals surface area contributed by atoms with Gasteiger partial charge in [-0.05, 0) is 33.1 Å². The topological polar surface area (TPSA) is 137 Å². The van der Waals surface area contributed by atoms with Crippen LogP contribution in [-0.2, 0) is 14.3 Å². The van der Waals surface area contributed by atoms with Gasteiger partial charge in [-0.2, -0.15) is 0 Å². The van der Waals surface area contributed by atoms with Crippen LogP contribution in [0.2, 0.25) is 0 Å². The lowest BCUT2D eigenvalue weighted by Gasteiger charge is -2.52. The van der Waals surface area contributed by atoms with Crippen LogP contribution in [-0.4, -0.2) is 79.8 Å². The van der Waals surface area contributed by atoms with E-state index in [1.54, 1.807) is 13.8 Å². The van der Waals surface area contributed by atoms with Gasteiger partial charge in [0.2, 0.25) is 0 Å². The highest BCUT2D eigenvalue weighted by Gasteiger charge is 2.72. The average Bonchev–Trinajstić information content (AvgIpc) is 3.39. The first kappa shape index (κ1) is 20.4. The molecule has 3 fully saturated rings. The Morgan fingerprint density at radius 2 is 1.86 bits per heavy atom. The number of carbonyl (C=O) groups is 1. The highest BCUT2D eigenvalue weighted by atomic mass is 16.7. The van der Waals surface area contributed by atoms with Gasteiger partial charge in [-0.25, -0.2) is 0 Å². The molecule has 1 heterocycles. The number of fused-ring (bicyclic) bond motifs is 1. The van der Waals surface area contributed by atoms with Crippen LogP contribution in [0, 0.1) is 17.3 Å². The molecule has 0 radical (unpaired) electrons. The standard InChI is InChI=1S/C20H30O8/c1-9-6-20(28-17-15(25)14(24)13(23)11(8-21)27-17)7-10(2)19(4-5-19)18(3,26)16(20)12(9)22/h7,9,11,13-17,21,23-26H,4-6,8H2,1-3H3/t9-,11+,13+,14-,15+,16-,17-,18-,20-/m1/s1. The zero-order valence-electron chi connectivity index (χ0n) is 16.4. The smallest absolute Gasteiger partial charge is 0.187 e. The summed E-state index contributed by atoms with van der Waals surface area (Å²) in [6, 6.07) is 0. The maximum absolute atomic E-state index is 13.0. The number of Topliss-reactive ketones (excluding diaryl/α,β-unsaturated/α-hetero) is 1. The van der Waals surface area contributed by atoms with Gasteiger partial charge in [0.05, 0.1) is 18.1 Å². The Labute approximate surface area is 163 Å². The summed E-state index contributed by atoms with van der Waals surface area (Å²) in [6.45, 7) is 4.83. The molecule has 4 rings (SSSR count). The fourth-order valence-electron chi connectivity index (χ4n) is 5.85. The zero-order valence-corrected chi connectivity index (χ0v) is 16.4. The van der Waals surface area contributed by atoms with Crippen molar-refractivity contribution < 1.29 is 39.8 Å². The van der Waals surface area contributed by atoms with Crippen LogP contribution in [0.15, 0.2) is 11.6 Å². The Morgan fingerprint density at radius 1 is 1.21 bits per heavy atom. The summed E-state index contributed by atoms with van der Waals surface area (Å²) in [7, 11) is 0. The lowest BCUT2D eigenvalue weighted by molar-refractivity contribution is -0.330. The van der Waals surface area contributed by atoms with E-state index in [1.807, 2.05) is 13.0 Å². The maximum Gasteiger partial charge on any atom is 0.187 e. The Bertz CT molecular complexity index is 696. The van der Waals surface area contributed by atoms with Crippen LogP contribution in [0.25, 0.3) is 0 Å². The van der Waals surface area contributed by atoms with Gasteiger partial charge in [0, 0.05) is 11.3 Å². The summed E-state index contributed by atoms with van der Waals surface area (Å²) in [5, 5.41) is 51.4. The Kier molecular flexibility index (Phi) is 4.60. The fraction of sp³-hybridized carbons (Fsp3) is 0.850. The SMILES string of the molecule is CC1=C[C@]2(O[C@H]3O[C@@H](CO)[C@H](O)[C@@H](O)[C@@H]3O)C[C@@H](C)C(=O)[C@@H]2[C@@](C)(O)C12CC2. The van der Waals surface area contributed by atoms with Gasteiger partial charge in [0.25, 0.3) is 0 Å². The average molecular weight is 398 g/mol. The van der Waals surface area contributed by atoms with E-state index in [1.165, 1.54) is 0 Å². The lowest BCUT2D eigenvalue weighted by Crippen LogP contribution is -2.64. The van der Waals surface area contributed by atoms with E-state index >= 15 is 0 Å². The molecular formula is C20H30O8. The van der Waals surface area contributed by atoms with Gasteiger partial charge >= 0.3 is 0 Å². The first-order valence-corrected chi connectivity index (χ1v) is 9.95. The molecule has 3 aliphatic carbocycles. The van der Waals surface area contributed by atoms with E-state index in [9.17, 15) is 30.3 Å². The maximum atomic E-state index is 13.0. The Morgan fingerprint density at radius 3 is 2.43 bits per heavy atom. The second-order valence-corrected chi connectivity index (χ2v) is 9.27. The number of rotatable bonds is 3. The van der Waals surface area contributed by atoms with Crippen molar-refractivity contribution in [2.24, 2.45) is 17.3 Å². The predicted octanol–water partition coefficient (Wildman–Crippen LogP) is -0.742. The van der Waals surface area contributed by atoms with Gasteiger partial charge in [-0.3, -0.25) is 4.79 Å². The molecule has 0 unspecified atom stereocenters. The first-order chi connectivity index (χ1) is 13.0. The molecular weight excluding hydrogens is 368 g/mol. The molecule has 0 aromatic heterocycles. The number of carbonyl (C=O) groups excluding carboxylic acids is 1. The summed E-state index contributed by atoms with van der Waals surface area (Å²) in [5.74, 6) is -1.27. The number of hydrogen-bond acceptors (Lipinski definition) is 8. The second kappa shape index (κ2) is 6.31. The lowest BCUT2D eigenvalue weighted by atomic mass is 9.61. The van der Waals surface area contributed by atoms with Crippen LogP contribution in [0.5, 0.6) is 0 Å². The van der Waals surface area contributed by atoms with Crippen molar-refractivity contribution >= 4 is 5.78 Å². The third-order valence-corrected chi connectivity index (χ3v) is 7.56. The molecule has 5 N–H and O–H groups in total. The van der Waals surface area contributed by atoms with Gasteiger partial charge < -0.3 is 35.0 Å². The zero-order chi connectivity index (χ0) is 20.6. The molecule has 28 heavy (non-hydrogen) atoms. The molecule has 158 valence electrons. The van der Waals surface area contributed by atoms with Crippen LogP contribution in [0.4, 0.5) is 0 Å². The largest absolute Gasteiger partial charge is 0.394 e. The Balaban J connectivity index is 1.73. The van der Waals surface area contributed by atoms with Gasteiger partial charge in [-0.1, -0.05) is 18.6 Å². The molecule has 0 amide bonds. The van der Waals surface area contributed by atoms with E-state index in [0.29, 0.717) is 6.42 Å². The van der Waals surface area contributed by atoms with Gasteiger partial charge in [-0.15, -0.1) is 0 Å². The number of hydrogen-bond donors (Lipinski definition) is 5. The molecule has 2 saturated carbocycles. The van der Waals surface area contributed by atoms with Crippen LogP contribution >= 0.6 is 0 Å². The molecule has 8 heteroatoms. The summed E-state index contributed by atoms with van der Waals surface area (Å²) in [4.78, 5) is 13.0. The number of ketones is 1. The van der Waals surface area contributed by atoms with Crippen LogP contribution in [0.1, 0.15) is 40.0 Å². The Hall–Kier alpha value is -0.870. The van der Waals surface area contributed by atoms with Crippen LogP contribution in [0.3, 0.4) is 0 Å². The fourth-order valence-corrected chi connectivity index (χ4v) is 5.85. The van der Waals surface area contributed by atoms with Crippen molar-refractivity contribution in [3.8, 4) is 0 Å². The monoisotopic (exact) mass is 398 g/mol. The van der Waals surface area contributed by atoms with Crippen molar-refractivity contribution in [2.75, 3.05) is 6.61 Å². The highest BCUT2D eigenvalue weighted by molar-refractivity contribution is 5.89. The first-order valence-electron chi connectivity index (χ1n) is 9.95. The normalized spacial score (nSPS) is 52.5. The minimum absolute atomic E-state index is 0.0929. The van der Waals surface area contributed by atoms with Crippen molar-refractivity contribution in [1.82, 2.24) is 0 Å². The molecule has 1 aliphatic heterocycles. The quantitative estimate of drug-likeness (QED) is 0.392. The van der Waals surface area contributed by atoms with Crippen molar-refractivity contribution in [2.45, 2.75) is 81.9 Å². The van der Waals surface area contributed by atoms with E-state index in [4.69, 9.17) is 9.47 Å². The summed E-state index contributed by atoms with van der Waals surface area (Å²) in [5.41, 5.74) is -1.98. The minimum atomic E-state index is -1.57. The molecule has 1 spiro atoms. The molecule has 0 aromatic rings. The molecule has 1 saturated heterocycles. The van der Waals surface area contributed by atoms with E-state index in [0.717, 1.165) is 18.4 Å². The van der Waals surface area contributed by atoms with E-state index in [2.05, 4.69) is 0 Å². The molecule has 8 nitrogen and oxygen atoms in total. The minimum Gasteiger partial charge on any atom is -0.394 e. The van der Waals surface area contributed by atoms with Crippen molar-refractivity contribution in [3.05, 3.63) is 11.6 Å². The van der Waals surface area contributed by atoms with Crippen molar-refractivity contribution in [1.29, 1.82) is 0 Å². The van der Waals surface area contributed by atoms with Crippen LogP contribution < -0.4 is 0 Å². The van der Waals surface area contributed by atoms with Gasteiger partial charge in [0.15, 0.2) is 6.29 Å². The summed E-state index contributed by atoms with van der Waals surface area (Å²) >= 11 is 0. The summed E-state index contributed by atoms with van der Waals surface area (Å²) in [6.07, 6.45) is -3.27. The number of aliphatic hydroxyl groups excluding tert-OH is 4. The molecule has 0 aromatic carbocycles. The predicted molar refractivity (Wildman–Crippen MR) is 95.9 cm³/mol. The molecule has 0 bridgehead atoms. The molecule has 9 atom stereocenters. The number of ether oxygens (including phenoxy) is 2. The third kappa shape index (κ3) is 2.52. The van der Waals surface area contributed by atoms with Gasteiger partial charge in [0.1, 0.15) is 35.8 Å². The second-order valence-electron chi connectivity index (χ2n) is 9.27. The third-order valence-electron chi connectivity index (χ3n) is 7.56. The molecule has 4 aliphatic rings. The van der Waals surface area contributed by atoms with Crippen molar-refractivity contribution in [3.63, 3.8) is 0 Å².